The van der Waals surface area contributed by atoms with Gasteiger partial charge in [-0.05, 0) is 19.4 Å². The number of hydrogen-bond donors (Lipinski definition) is 2. The van der Waals surface area contributed by atoms with Crippen LogP contribution in [-0.4, -0.2) is 18.0 Å². The number of hydrazine groups is 1. The number of nitrogens with one attached hydrogen (secondary N) is 1. The van der Waals surface area contributed by atoms with E-state index in [1.165, 1.54) is 0 Å². The molecule has 0 radical (unpaired) electrons. The molecule has 0 saturated heterocycles. The van der Waals surface area contributed by atoms with Gasteiger partial charge in [-0.25, -0.2) is 0 Å². The lowest BCUT2D eigenvalue weighted by Crippen LogP contribution is -2.25. The van der Waals surface area contributed by atoms with Gasteiger partial charge in [0.15, 0.2) is 0 Å². The van der Waals surface area contributed by atoms with Crippen LogP contribution in [0.5, 0.6) is 0 Å². The van der Waals surface area contributed by atoms with Gasteiger partial charge in [0, 0.05) is 25.0 Å². The third-order valence-electron chi connectivity index (χ3n) is 2.02. The fourth-order valence-electron chi connectivity index (χ4n) is 1.44. The third kappa shape index (κ3) is 4.51. The van der Waals surface area contributed by atoms with Crippen molar-refractivity contribution < 1.29 is 0 Å². The van der Waals surface area contributed by atoms with Crippen molar-refractivity contribution in [3.63, 3.8) is 0 Å². The largest absolute Gasteiger partial charge is 0.364 e. The van der Waals surface area contributed by atoms with Crippen LogP contribution in [0.4, 0.5) is 0 Å². The molecule has 0 atom stereocenters. The Labute approximate surface area is 92.6 Å². The Balaban J connectivity index is 4.81. The van der Waals surface area contributed by atoms with Crippen molar-refractivity contribution in [1.29, 1.82) is 0 Å². The maximum absolute atomic E-state index is 5.26. The first-order chi connectivity index (χ1) is 7.21. The minimum atomic E-state index is 0.793. The Morgan fingerprint density at radius 1 is 1.33 bits per heavy atom. The fraction of sp³-hybridized carbons (Fsp3) is 0.333. The highest BCUT2D eigenvalue weighted by Crippen LogP contribution is 2.14. The molecule has 0 amide bonds. The van der Waals surface area contributed by atoms with E-state index in [0.29, 0.717) is 0 Å². The Kier molecular flexibility index (Phi) is 7.10. The van der Waals surface area contributed by atoms with Crippen LogP contribution in [0.15, 0.2) is 48.9 Å². The first-order valence-electron chi connectivity index (χ1n) is 4.97. The highest BCUT2D eigenvalue weighted by Gasteiger charge is 2.06. The zero-order valence-corrected chi connectivity index (χ0v) is 9.66. The molecule has 0 aliphatic rings. The molecule has 0 spiro atoms. The average Bonchev–Trinajstić information content (AvgIpc) is 2.20. The van der Waals surface area contributed by atoms with Crippen LogP contribution in [-0.2, 0) is 0 Å². The second-order valence-electron chi connectivity index (χ2n) is 3.15. The summed E-state index contributed by atoms with van der Waals surface area (Å²) in [5.41, 5.74) is 4.76. The van der Waals surface area contributed by atoms with E-state index in [0.717, 1.165) is 24.4 Å². The Morgan fingerprint density at radius 3 is 2.20 bits per heavy atom. The lowest BCUT2D eigenvalue weighted by Gasteiger charge is -2.25. The number of nitrogens with two attached hydrogens (primary N) is 1. The van der Waals surface area contributed by atoms with E-state index in [1.54, 1.807) is 6.20 Å². The van der Waals surface area contributed by atoms with E-state index in [1.807, 2.05) is 26.0 Å². The normalized spacial score (nSPS) is 12.2. The summed E-state index contributed by atoms with van der Waals surface area (Å²) in [6, 6.07) is 0. The lowest BCUT2D eigenvalue weighted by molar-refractivity contribution is 0.428. The molecule has 0 fully saturated rings. The van der Waals surface area contributed by atoms with Crippen molar-refractivity contribution in [2.45, 2.75) is 13.8 Å². The minimum Gasteiger partial charge on any atom is -0.364 e. The predicted molar refractivity (Wildman–Crippen MR) is 66.8 cm³/mol. The van der Waals surface area contributed by atoms with E-state index >= 15 is 0 Å². The van der Waals surface area contributed by atoms with Crippen molar-refractivity contribution in [3.05, 3.63) is 48.9 Å². The molecule has 15 heavy (non-hydrogen) atoms. The summed E-state index contributed by atoms with van der Waals surface area (Å²) in [7, 11) is 0. The summed E-state index contributed by atoms with van der Waals surface area (Å²) in [5.74, 6) is 5.26. The minimum absolute atomic E-state index is 0.793. The number of allylic oxidation sites excluding steroid dienone is 2. The summed E-state index contributed by atoms with van der Waals surface area (Å²) in [6.45, 7) is 13.1. The van der Waals surface area contributed by atoms with Crippen molar-refractivity contribution in [2.75, 3.05) is 13.1 Å². The van der Waals surface area contributed by atoms with Gasteiger partial charge in [0.1, 0.15) is 0 Å². The summed E-state index contributed by atoms with van der Waals surface area (Å²) >= 11 is 0. The van der Waals surface area contributed by atoms with Gasteiger partial charge in [-0.1, -0.05) is 18.2 Å². The maximum Gasteiger partial charge on any atom is 0.0373 e. The number of rotatable bonds is 7. The molecule has 0 aromatic heterocycles. The van der Waals surface area contributed by atoms with Crippen LogP contribution in [0.1, 0.15) is 13.8 Å². The summed E-state index contributed by atoms with van der Waals surface area (Å²) in [6.07, 6.45) is 7.57. The topological polar surface area (TPSA) is 41.3 Å². The van der Waals surface area contributed by atoms with Gasteiger partial charge in [-0.15, -0.1) is 13.2 Å². The van der Waals surface area contributed by atoms with E-state index in [9.17, 15) is 0 Å². The number of hydrogen-bond acceptors (Lipinski definition) is 3. The zero-order valence-electron chi connectivity index (χ0n) is 9.66. The predicted octanol–water partition coefficient (Wildman–Crippen LogP) is 1.93. The molecule has 3 heteroatoms. The van der Waals surface area contributed by atoms with Crippen LogP contribution in [0, 0.1) is 0 Å². The molecule has 0 aromatic carbocycles. The highest BCUT2D eigenvalue weighted by atomic mass is 15.2. The summed E-state index contributed by atoms with van der Waals surface area (Å²) in [4.78, 5) is 2.17. The Hall–Kier alpha value is -1.48. The Morgan fingerprint density at radius 2 is 1.87 bits per heavy atom. The van der Waals surface area contributed by atoms with E-state index in [2.05, 4.69) is 29.6 Å². The van der Waals surface area contributed by atoms with Crippen molar-refractivity contribution in [3.8, 4) is 0 Å². The molecular weight excluding hydrogens is 186 g/mol. The molecule has 0 aromatic rings. The molecule has 0 rings (SSSR count). The van der Waals surface area contributed by atoms with Crippen LogP contribution >= 0.6 is 0 Å². The average molecular weight is 207 g/mol. The number of nitrogens with zero attached hydrogens (tertiary/aromatic N) is 1. The molecular formula is C12H21N3. The van der Waals surface area contributed by atoms with Gasteiger partial charge < -0.3 is 10.3 Å². The smallest absolute Gasteiger partial charge is 0.0373 e. The maximum atomic E-state index is 5.26. The van der Waals surface area contributed by atoms with Crippen molar-refractivity contribution >= 4 is 0 Å². The molecule has 0 unspecified atom stereocenters. The molecule has 3 N–H and O–H groups in total. The first-order valence-corrected chi connectivity index (χ1v) is 4.97. The van der Waals surface area contributed by atoms with Gasteiger partial charge in [-0.3, -0.25) is 5.84 Å². The van der Waals surface area contributed by atoms with Crippen LogP contribution in [0.3, 0.4) is 0 Å². The SMILES string of the molecule is C=CCN(CC=C)C(=C/C)/C(C)=C\NN. The molecule has 0 aliphatic carbocycles. The molecule has 84 valence electrons. The second-order valence-corrected chi connectivity index (χ2v) is 3.15. The van der Waals surface area contributed by atoms with Crippen LogP contribution in [0.25, 0.3) is 0 Å². The van der Waals surface area contributed by atoms with E-state index in [-0.39, 0.29) is 0 Å². The van der Waals surface area contributed by atoms with E-state index < -0.39 is 0 Å². The lowest BCUT2D eigenvalue weighted by atomic mass is 10.2. The third-order valence-corrected chi connectivity index (χ3v) is 2.02. The molecule has 0 bridgehead atoms. The van der Waals surface area contributed by atoms with Gasteiger partial charge in [-0.2, -0.15) is 0 Å². The molecule has 0 aliphatic heterocycles. The highest BCUT2D eigenvalue weighted by molar-refractivity contribution is 5.27. The van der Waals surface area contributed by atoms with Crippen molar-refractivity contribution in [2.24, 2.45) is 5.84 Å². The second kappa shape index (κ2) is 7.88. The zero-order chi connectivity index (χ0) is 11.7. The van der Waals surface area contributed by atoms with Gasteiger partial charge >= 0.3 is 0 Å². The standard InChI is InChI=1S/C12H21N3/c1-5-8-15(9-6-2)12(7-3)11(4)10-14-13/h5-7,10,14H,1-2,8-9,13H2,3-4H3/b11-10-,12-7+. The van der Waals surface area contributed by atoms with Gasteiger partial charge in [0.25, 0.3) is 0 Å². The quantitative estimate of drug-likeness (QED) is 0.290. The monoisotopic (exact) mass is 207 g/mol. The van der Waals surface area contributed by atoms with Crippen LogP contribution < -0.4 is 11.3 Å². The molecule has 0 saturated carbocycles. The molecule has 0 heterocycles. The van der Waals surface area contributed by atoms with Gasteiger partial charge in [0.05, 0.1) is 0 Å². The Bertz CT molecular complexity index is 254. The molecule has 3 nitrogen and oxygen atoms in total. The first kappa shape index (κ1) is 13.5. The van der Waals surface area contributed by atoms with E-state index in [4.69, 9.17) is 5.84 Å². The van der Waals surface area contributed by atoms with Gasteiger partial charge in [0.2, 0.25) is 0 Å². The van der Waals surface area contributed by atoms with Crippen molar-refractivity contribution in [1.82, 2.24) is 10.3 Å². The van der Waals surface area contributed by atoms with Crippen LogP contribution in [0.2, 0.25) is 0 Å². The summed E-state index contributed by atoms with van der Waals surface area (Å²) in [5, 5.41) is 0. The fourth-order valence-corrected chi connectivity index (χ4v) is 1.44. The summed E-state index contributed by atoms with van der Waals surface area (Å²) < 4.78 is 0.